The number of hydrogen-bond donors (Lipinski definition) is 0. The lowest BCUT2D eigenvalue weighted by molar-refractivity contribution is -0.118. The lowest BCUT2D eigenvalue weighted by Gasteiger charge is -2.27. The zero-order valence-corrected chi connectivity index (χ0v) is 10.2. The highest BCUT2D eigenvalue weighted by molar-refractivity contribution is 5.81. The van der Waals surface area contributed by atoms with Crippen molar-refractivity contribution in [3.63, 3.8) is 0 Å². The second-order valence-corrected chi connectivity index (χ2v) is 5.08. The van der Waals surface area contributed by atoms with Crippen LogP contribution in [0.25, 0.3) is 0 Å². The average Bonchev–Trinajstić information content (AvgIpc) is 2.41. The molecule has 1 rings (SSSR count). The third-order valence-electron chi connectivity index (χ3n) is 3.51. The van der Waals surface area contributed by atoms with Gasteiger partial charge in [-0.25, -0.2) is 0 Å². The number of methoxy groups -OCH3 is 2. The van der Waals surface area contributed by atoms with Gasteiger partial charge in [-0.2, -0.15) is 0 Å². The van der Waals surface area contributed by atoms with Crippen molar-refractivity contribution < 1.29 is 14.3 Å². The molecule has 0 N–H and O–H groups in total. The fourth-order valence-corrected chi connectivity index (χ4v) is 2.44. The van der Waals surface area contributed by atoms with Crippen molar-refractivity contribution in [3.8, 4) is 0 Å². The molecule has 3 nitrogen and oxygen atoms in total. The van der Waals surface area contributed by atoms with Gasteiger partial charge in [-0.1, -0.05) is 13.8 Å². The zero-order valence-electron chi connectivity index (χ0n) is 10.2. The van der Waals surface area contributed by atoms with E-state index in [1.54, 1.807) is 14.2 Å². The van der Waals surface area contributed by atoms with Gasteiger partial charge in [-0.05, 0) is 24.2 Å². The van der Waals surface area contributed by atoms with Crippen molar-refractivity contribution >= 4 is 5.78 Å². The highest BCUT2D eigenvalue weighted by Crippen LogP contribution is 2.43. The molecule has 0 heterocycles. The molecule has 1 unspecified atom stereocenters. The largest absolute Gasteiger partial charge is 0.356 e. The Morgan fingerprint density at radius 3 is 2.40 bits per heavy atom. The molecular weight excluding hydrogens is 192 g/mol. The first-order valence-corrected chi connectivity index (χ1v) is 5.57. The minimum absolute atomic E-state index is 0.128. The Morgan fingerprint density at radius 2 is 2.00 bits per heavy atom. The van der Waals surface area contributed by atoms with Gasteiger partial charge in [0.25, 0.3) is 0 Å². The van der Waals surface area contributed by atoms with Crippen LogP contribution in [-0.2, 0) is 14.3 Å². The Hall–Kier alpha value is -0.410. The van der Waals surface area contributed by atoms with Crippen LogP contribution in [0.3, 0.4) is 0 Å². The molecule has 0 amide bonds. The van der Waals surface area contributed by atoms with E-state index >= 15 is 0 Å². The number of carbonyl (C=O) groups excluding carboxylic acids is 1. The van der Waals surface area contributed by atoms with Gasteiger partial charge in [0.05, 0.1) is 0 Å². The first-order valence-electron chi connectivity index (χ1n) is 5.57. The molecule has 1 aliphatic rings. The van der Waals surface area contributed by atoms with E-state index in [2.05, 4.69) is 13.8 Å². The minimum Gasteiger partial charge on any atom is -0.356 e. The van der Waals surface area contributed by atoms with Crippen molar-refractivity contribution in [1.29, 1.82) is 0 Å². The number of carbonyl (C=O) groups is 1. The summed E-state index contributed by atoms with van der Waals surface area (Å²) >= 11 is 0. The highest BCUT2D eigenvalue weighted by Gasteiger charge is 2.39. The van der Waals surface area contributed by atoms with E-state index in [1.807, 2.05) is 0 Å². The van der Waals surface area contributed by atoms with Gasteiger partial charge in [-0.15, -0.1) is 0 Å². The Kier molecular flexibility index (Phi) is 4.29. The summed E-state index contributed by atoms with van der Waals surface area (Å²) in [4.78, 5) is 11.4. The summed E-state index contributed by atoms with van der Waals surface area (Å²) in [6.07, 6.45) is 3.20. The summed E-state index contributed by atoms with van der Waals surface area (Å²) in [6, 6.07) is 0. The second kappa shape index (κ2) is 5.08. The lowest BCUT2D eigenvalue weighted by Crippen LogP contribution is -2.21. The molecule has 0 aromatic rings. The maximum atomic E-state index is 11.4. The molecular formula is C12H22O3. The third-order valence-corrected chi connectivity index (χ3v) is 3.51. The molecule has 3 heteroatoms. The van der Waals surface area contributed by atoms with Crippen LogP contribution in [0.4, 0.5) is 0 Å². The first-order chi connectivity index (χ1) is 6.99. The molecule has 0 aromatic heterocycles. The maximum absolute atomic E-state index is 11.4. The van der Waals surface area contributed by atoms with Gasteiger partial charge in [0.2, 0.25) is 0 Å². The van der Waals surface area contributed by atoms with Gasteiger partial charge in [0.1, 0.15) is 5.78 Å². The molecule has 0 radical (unpaired) electrons. The summed E-state index contributed by atoms with van der Waals surface area (Å²) in [5.74, 6) is 0.884. The predicted molar refractivity (Wildman–Crippen MR) is 58.6 cm³/mol. The van der Waals surface area contributed by atoms with E-state index in [1.165, 1.54) is 0 Å². The molecule has 0 spiro atoms. The van der Waals surface area contributed by atoms with Gasteiger partial charge in [-0.3, -0.25) is 4.79 Å². The van der Waals surface area contributed by atoms with Crippen LogP contribution < -0.4 is 0 Å². The molecule has 1 fully saturated rings. The van der Waals surface area contributed by atoms with E-state index in [4.69, 9.17) is 9.47 Å². The van der Waals surface area contributed by atoms with E-state index < -0.39 is 0 Å². The average molecular weight is 214 g/mol. The van der Waals surface area contributed by atoms with Gasteiger partial charge >= 0.3 is 0 Å². The summed E-state index contributed by atoms with van der Waals surface area (Å²) in [5, 5.41) is 0. The maximum Gasteiger partial charge on any atom is 0.156 e. The molecule has 0 aliphatic heterocycles. The van der Waals surface area contributed by atoms with Crippen molar-refractivity contribution in [3.05, 3.63) is 0 Å². The Morgan fingerprint density at radius 1 is 1.40 bits per heavy atom. The topological polar surface area (TPSA) is 35.5 Å². The van der Waals surface area contributed by atoms with Crippen LogP contribution in [0.1, 0.15) is 39.5 Å². The summed E-state index contributed by atoms with van der Waals surface area (Å²) in [6.45, 7) is 4.36. The van der Waals surface area contributed by atoms with Crippen LogP contribution in [0.2, 0.25) is 0 Å². The van der Waals surface area contributed by atoms with E-state index in [0.717, 1.165) is 25.7 Å². The Balaban J connectivity index is 2.41. The summed E-state index contributed by atoms with van der Waals surface area (Å²) in [7, 11) is 3.30. The van der Waals surface area contributed by atoms with E-state index in [0.29, 0.717) is 11.7 Å². The zero-order chi connectivity index (χ0) is 11.5. The molecule has 1 saturated carbocycles. The Bertz CT molecular complexity index is 219. The van der Waals surface area contributed by atoms with Crippen LogP contribution in [0.5, 0.6) is 0 Å². The fraction of sp³-hybridized carbons (Fsp3) is 0.917. The van der Waals surface area contributed by atoms with E-state index in [9.17, 15) is 4.79 Å². The normalized spacial score (nSPS) is 25.1. The smallest absolute Gasteiger partial charge is 0.156 e. The molecule has 15 heavy (non-hydrogen) atoms. The van der Waals surface area contributed by atoms with Gasteiger partial charge in [0, 0.05) is 27.1 Å². The quantitative estimate of drug-likeness (QED) is 0.659. The first kappa shape index (κ1) is 12.7. The Labute approximate surface area is 92.1 Å². The van der Waals surface area contributed by atoms with Gasteiger partial charge in [0.15, 0.2) is 6.29 Å². The standard InChI is InChI=1S/C12H22O3/c1-12(2)8-10(13)7-9(12)5-6-11(14-3)15-4/h9,11H,5-8H2,1-4H3. The lowest BCUT2D eigenvalue weighted by atomic mass is 9.79. The van der Waals surface area contributed by atoms with Crippen LogP contribution in [0, 0.1) is 11.3 Å². The van der Waals surface area contributed by atoms with Crippen LogP contribution >= 0.6 is 0 Å². The van der Waals surface area contributed by atoms with Crippen molar-refractivity contribution in [1.82, 2.24) is 0 Å². The SMILES string of the molecule is COC(CCC1CC(=O)CC1(C)C)OC. The fourth-order valence-electron chi connectivity index (χ4n) is 2.44. The van der Waals surface area contributed by atoms with Gasteiger partial charge < -0.3 is 9.47 Å². The molecule has 1 aliphatic carbocycles. The molecule has 88 valence electrons. The van der Waals surface area contributed by atoms with E-state index in [-0.39, 0.29) is 11.7 Å². The number of hydrogen-bond acceptors (Lipinski definition) is 3. The minimum atomic E-state index is -0.128. The summed E-state index contributed by atoms with van der Waals surface area (Å²) < 4.78 is 10.3. The number of Topliss-reactive ketones (excluding diaryl/α,β-unsaturated/α-hetero) is 1. The van der Waals surface area contributed by atoms with Crippen LogP contribution in [-0.4, -0.2) is 26.3 Å². The third kappa shape index (κ3) is 3.28. The highest BCUT2D eigenvalue weighted by atomic mass is 16.7. The molecule has 0 saturated heterocycles. The van der Waals surface area contributed by atoms with Crippen LogP contribution in [0.15, 0.2) is 0 Å². The summed E-state index contributed by atoms with van der Waals surface area (Å²) in [5.41, 5.74) is 0.156. The number of rotatable bonds is 5. The predicted octanol–water partition coefficient (Wildman–Crippen LogP) is 2.39. The molecule has 1 atom stereocenters. The number of ketones is 1. The van der Waals surface area contributed by atoms with Crippen molar-refractivity contribution in [2.75, 3.05) is 14.2 Å². The second-order valence-electron chi connectivity index (χ2n) is 5.08. The molecule has 0 bridgehead atoms. The monoisotopic (exact) mass is 214 g/mol. The molecule has 0 aromatic carbocycles. The van der Waals surface area contributed by atoms with Crippen molar-refractivity contribution in [2.24, 2.45) is 11.3 Å². The number of ether oxygens (including phenoxy) is 2. The van der Waals surface area contributed by atoms with Crippen molar-refractivity contribution in [2.45, 2.75) is 45.8 Å².